The van der Waals surface area contributed by atoms with Crippen molar-refractivity contribution in [1.29, 1.82) is 0 Å². The zero-order valence-electron chi connectivity index (χ0n) is 16.7. The normalized spacial score (nSPS) is 12.8. The van der Waals surface area contributed by atoms with Gasteiger partial charge in [-0.25, -0.2) is 4.99 Å². The monoisotopic (exact) mass is 363 g/mol. The molecule has 26 heavy (non-hydrogen) atoms. The summed E-state index contributed by atoms with van der Waals surface area (Å²) < 4.78 is 10.6. The van der Waals surface area contributed by atoms with E-state index in [4.69, 9.17) is 9.47 Å². The fraction of sp³-hybridized carbons (Fsp3) is 0.600. The van der Waals surface area contributed by atoms with Gasteiger partial charge in [0.1, 0.15) is 5.75 Å². The van der Waals surface area contributed by atoms with E-state index >= 15 is 0 Å². The van der Waals surface area contributed by atoms with Gasteiger partial charge in [-0.2, -0.15) is 0 Å². The van der Waals surface area contributed by atoms with Gasteiger partial charge in [-0.15, -0.1) is 0 Å². The molecule has 0 radical (unpaired) electrons. The zero-order valence-corrected chi connectivity index (χ0v) is 16.7. The lowest BCUT2D eigenvalue weighted by molar-refractivity contribution is 0.0966. The third-order valence-electron chi connectivity index (χ3n) is 4.18. The van der Waals surface area contributed by atoms with Gasteiger partial charge >= 0.3 is 0 Å². The number of amidine groups is 1. The smallest absolute Gasteiger partial charge is 0.291 e. The molecule has 1 N–H and O–H groups in total. The maximum atomic E-state index is 12.4. The van der Waals surface area contributed by atoms with E-state index < -0.39 is 0 Å². The molecule has 0 spiro atoms. The Labute approximate surface area is 157 Å². The Kier molecular flexibility index (Phi) is 10.4. The van der Waals surface area contributed by atoms with Crippen molar-refractivity contribution in [2.75, 3.05) is 33.4 Å². The molecule has 1 rings (SSSR count). The third-order valence-corrected chi connectivity index (χ3v) is 4.18. The molecular formula is C20H33N3O3. The number of ether oxygens (including phenoxy) is 2. The van der Waals surface area contributed by atoms with Crippen LogP contribution in [0.1, 0.15) is 50.9 Å². The van der Waals surface area contributed by atoms with Gasteiger partial charge in [-0.05, 0) is 70.6 Å². The molecular weight excluding hydrogens is 330 g/mol. The summed E-state index contributed by atoms with van der Waals surface area (Å²) in [6.45, 7) is 11.9. The number of nitrogens with zero attached hydrogens (tertiary/aromatic N) is 2. The van der Waals surface area contributed by atoms with E-state index in [9.17, 15) is 4.79 Å². The van der Waals surface area contributed by atoms with E-state index in [0.29, 0.717) is 17.9 Å². The largest absolute Gasteiger partial charge is 0.497 e. The van der Waals surface area contributed by atoms with Crippen LogP contribution in [0.15, 0.2) is 29.3 Å². The molecule has 0 saturated heterocycles. The molecule has 0 fully saturated rings. The van der Waals surface area contributed by atoms with Crippen LogP contribution in [0.25, 0.3) is 0 Å². The van der Waals surface area contributed by atoms with E-state index in [2.05, 4.69) is 29.1 Å². The molecule has 0 unspecified atom stereocenters. The van der Waals surface area contributed by atoms with Gasteiger partial charge in [0.25, 0.3) is 11.9 Å². The molecule has 0 aliphatic rings. The molecule has 1 aromatic carbocycles. The van der Waals surface area contributed by atoms with Gasteiger partial charge in [-0.3, -0.25) is 10.1 Å². The van der Waals surface area contributed by atoms with E-state index in [-0.39, 0.29) is 18.0 Å². The topological polar surface area (TPSA) is 63.2 Å². The first-order valence-corrected chi connectivity index (χ1v) is 9.42. The molecule has 6 heteroatoms. The predicted octanol–water partition coefficient (Wildman–Crippen LogP) is 3.33. The Hall–Kier alpha value is -2.08. The number of rotatable bonds is 10. The van der Waals surface area contributed by atoms with Crippen LogP contribution in [-0.4, -0.2) is 56.2 Å². The van der Waals surface area contributed by atoms with Crippen LogP contribution in [0.2, 0.25) is 0 Å². The number of methoxy groups -OCH3 is 1. The molecule has 0 aliphatic heterocycles. The summed E-state index contributed by atoms with van der Waals surface area (Å²) >= 11 is 0. The summed E-state index contributed by atoms with van der Waals surface area (Å²) in [5, 5.41) is 2.76. The number of carbonyl (C=O) groups excluding carboxylic acids is 1. The number of amides is 1. The lowest BCUT2D eigenvalue weighted by Gasteiger charge is -2.18. The van der Waals surface area contributed by atoms with Crippen molar-refractivity contribution in [3.63, 3.8) is 0 Å². The minimum absolute atomic E-state index is 0.0864. The quantitative estimate of drug-likeness (QED) is 0.512. The molecule has 0 bridgehead atoms. The highest BCUT2D eigenvalue weighted by atomic mass is 16.5. The van der Waals surface area contributed by atoms with Crippen molar-refractivity contribution in [3.8, 4) is 5.75 Å². The predicted molar refractivity (Wildman–Crippen MR) is 106 cm³/mol. The Morgan fingerprint density at radius 3 is 2.38 bits per heavy atom. The lowest BCUT2D eigenvalue weighted by Crippen LogP contribution is -2.33. The van der Waals surface area contributed by atoms with Gasteiger partial charge in [-0.1, -0.05) is 13.8 Å². The molecule has 1 aromatic rings. The number of nitrogens with one attached hydrogen (secondary N) is 1. The highest BCUT2D eigenvalue weighted by molar-refractivity contribution is 6.04. The van der Waals surface area contributed by atoms with E-state index in [1.54, 1.807) is 31.4 Å². The van der Waals surface area contributed by atoms with E-state index in [1.165, 1.54) is 0 Å². The molecule has 0 heterocycles. The molecule has 146 valence electrons. The Morgan fingerprint density at radius 2 is 1.85 bits per heavy atom. The second-order valence-corrected chi connectivity index (χ2v) is 6.07. The average Bonchev–Trinajstić information content (AvgIpc) is 2.65. The van der Waals surface area contributed by atoms with Crippen molar-refractivity contribution >= 4 is 11.9 Å². The van der Waals surface area contributed by atoms with Crippen molar-refractivity contribution in [1.82, 2.24) is 10.2 Å². The first-order valence-electron chi connectivity index (χ1n) is 9.42. The molecule has 0 aromatic heterocycles. The van der Waals surface area contributed by atoms with Crippen LogP contribution >= 0.6 is 0 Å². The molecule has 6 nitrogen and oxygen atoms in total. The number of hydrogen-bond donors (Lipinski definition) is 1. The Balaban J connectivity index is 2.61. The number of hydrogen-bond acceptors (Lipinski definition) is 5. The van der Waals surface area contributed by atoms with Crippen LogP contribution in [0.4, 0.5) is 0 Å². The van der Waals surface area contributed by atoms with Crippen molar-refractivity contribution in [2.45, 2.75) is 46.6 Å². The summed E-state index contributed by atoms with van der Waals surface area (Å²) in [6, 6.07) is 7.30. The average molecular weight is 364 g/mol. The number of aliphatic imine (C=N–C) groups is 1. The Morgan fingerprint density at radius 1 is 1.19 bits per heavy atom. The Bertz CT molecular complexity index is 554. The highest BCUT2D eigenvalue weighted by Gasteiger charge is 2.12. The summed E-state index contributed by atoms with van der Waals surface area (Å²) in [5.74, 6) is 0.470. The van der Waals surface area contributed by atoms with Crippen molar-refractivity contribution < 1.29 is 14.3 Å². The molecule has 0 saturated carbocycles. The number of carbonyl (C=O) groups is 1. The summed E-state index contributed by atoms with van der Waals surface area (Å²) in [4.78, 5) is 19.3. The van der Waals surface area contributed by atoms with Crippen LogP contribution in [0.5, 0.6) is 5.75 Å². The minimum atomic E-state index is -0.241. The van der Waals surface area contributed by atoms with Crippen LogP contribution in [0.3, 0.4) is 0 Å². The van der Waals surface area contributed by atoms with Gasteiger partial charge in [0.15, 0.2) is 0 Å². The maximum Gasteiger partial charge on any atom is 0.291 e. The summed E-state index contributed by atoms with van der Waals surface area (Å²) in [5.41, 5.74) is 0.535. The first-order chi connectivity index (χ1) is 12.5. The van der Waals surface area contributed by atoms with Crippen LogP contribution < -0.4 is 10.1 Å². The SMILES string of the molecule is CCOC(=N[C@H](C)CCCN(CC)CC)NC(=O)c1ccc(OC)cc1. The molecule has 1 atom stereocenters. The zero-order chi connectivity index (χ0) is 19.4. The summed E-state index contributed by atoms with van der Waals surface area (Å²) in [6.07, 6.45) is 2.02. The van der Waals surface area contributed by atoms with Gasteiger partial charge in [0.2, 0.25) is 0 Å². The highest BCUT2D eigenvalue weighted by Crippen LogP contribution is 2.11. The number of benzene rings is 1. The van der Waals surface area contributed by atoms with Gasteiger partial charge in [0, 0.05) is 5.56 Å². The molecule has 0 aliphatic carbocycles. The maximum absolute atomic E-state index is 12.4. The minimum Gasteiger partial charge on any atom is -0.497 e. The summed E-state index contributed by atoms with van der Waals surface area (Å²) in [7, 11) is 1.59. The van der Waals surface area contributed by atoms with E-state index in [1.807, 2.05) is 13.8 Å². The lowest BCUT2D eigenvalue weighted by atomic mass is 10.2. The van der Waals surface area contributed by atoms with Crippen molar-refractivity contribution in [3.05, 3.63) is 29.8 Å². The fourth-order valence-corrected chi connectivity index (χ4v) is 2.57. The van der Waals surface area contributed by atoms with Crippen molar-refractivity contribution in [2.24, 2.45) is 4.99 Å². The second-order valence-electron chi connectivity index (χ2n) is 6.07. The third kappa shape index (κ3) is 7.87. The van der Waals surface area contributed by atoms with Crippen LogP contribution in [-0.2, 0) is 4.74 Å². The van der Waals surface area contributed by atoms with Gasteiger partial charge < -0.3 is 14.4 Å². The first kappa shape index (κ1) is 22.0. The van der Waals surface area contributed by atoms with E-state index in [0.717, 1.165) is 32.5 Å². The molecule has 1 amide bonds. The fourth-order valence-electron chi connectivity index (χ4n) is 2.57. The van der Waals surface area contributed by atoms with Crippen LogP contribution in [0, 0.1) is 0 Å². The second kappa shape index (κ2) is 12.3. The van der Waals surface area contributed by atoms with Gasteiger partial charge in [0.05, 0.1) is 19.8 Å². The standard InChI is InChI=1S/C20H33N3O3/c1-6-23(7-2)15-9-10-16(4)21-20(26-8-3)22-19(24)17-11-13-18(25-5)14-12-17/h11-14,16H,6-10,15H2,1-5H3,(H,21,22,24)/t16-/m1/s1.